The second-order valence-electron chi connectivity index (χ2n) is 5.16. The van der Waals surface area contributed by atoms with Crippen molar-refractivity contribution in [3.8, 4) is 6.07 Å². The second kappa shape index (κ2) is 5.27. The van der Waals surface area contributed by atoms with Crippen LogP contribution in [0.1, 0.15) is 25.5 Å². The lowest BCUT2D eigenvalue weighted by atomic mass is 10.0. The van der Waals surface area contributed by atoms with Crippen molar-refractivity contribution in [3.05, 3.63) is 34.9 Å². The Balaban J connectivity index is 2.19. The quantitative estimate of drug-likeness (QED) is 0.824. The molecular weight excluding hydrogens is 248 g/mol. The van der Waals surface area contributed by atoms with Gasteiger partial charge in [0, 0.05) is 18.1 Å². The van der Waals surface area contributed by atoms with E-state index in [9.17, 15) is 5.26 Å². The molecule has 4 heteroatoms. The summed E-state index contributed by atoms with van der Waals surface area (Å²) in [5.41, 5.74) is 0.791. The lowest BCUT2D eigenvalue weighted by molar-refractivity contribution is -0.0923. The third-order valence-corrected chi connectivity index (χ3v) is 3.38. The van der Waals surface area contributed by atoms with Crippen LogP contribution >= 0.6 is 11.6 Å². The van der Waals surface area contributed by atoms with Crippen molar-refractivity contribution in [1.82, 2.24) is 4.90 Å². The van der Waals surface area contributed by atoms with Crippen LogP contribution in [-0.4, -0.2) is 30.2 Å². The van der Waals surface area contributed by atoms with Crippen LogP contribution in [0.15, 0.2) is 24.3 Å². The van der Waals surface area contributed by atoms with Gasteiger partial charge < -0.3 is 4.74 Å². The molecule has 0 radical (unpaired) electrons. The van der Waals surface area contributed by atoms with E-state index in [1.54, 1.807) is 0 Å². The topological polar surface area (TPSA) is 36.3 Å². The Bertz CT molecular complexity index is 450. The maximum absolute atomic E-state index is 9.41. The number of morpholine rings is 1. The molecule has 1 aliphatic rings. The van der Waals surface area contributed by atoms with Crippen molar-refractivity contribution >= 4 is 11.6 Å². The molecule has 0 amide bonds. The molecule has 1 aromatic carbocycles. The third kappa shape index (κ3) is 3.02. The Kier molecular flexibility index (Phi) is 3.91. The van der Waals surface area contributed by atoms with E-state index in [2.05, 4.69) is 24.8 Å². The summed E-state index contributed by atoms with van der Waals surface area (Å²) in [5, 5.41) is 10.1. The number of halogens is 1. The minimum Gasteiger partial charge on any atom is -0.373 e. The van der Waals surface area contributed by atoms with Crippen LogP contribution in [0.5, 0.6) is 0 Å². The van der Waals surface area contributed by atoms with Gasteiger partial charge >= 0.3 is 0 Å². The van der Waals surface area contributed by atoms with Gasteiger partial charge in [0.2, 0.25) is 0 Å². The molecule has 3 nitrogen and oxygen atoms in total. The Morgan fingerprint density at radius 3 is 2.61 bits per heavy atom. The minimum atomic E-state index is -0.231. The van der Waals surface area contributed by atoms with Crippen molar-refractivity contribution in [2.24, 2.45) is 0 Å². The van der Waals surface area contributed by atoms with Gasteiger partial charge in [0.15, 0.2) is 0 Å². The molecule has 1 atom stereocenters. The van der Waals surface area contributed by atoms with Crippen molar-refractivity contribution in [3.63, 3.8) is 0 Å². The predicted octanol–water partition coefficient (Wildman–Crippen LogP) is 3.02. The van der Waals surface area contributed by atoms with Gasteiger partial charge in [0.1, 0.15) is 6.04 Å². The zero-order chi connectivity index (χ0) is 13.2. The third-order valence-electron chi connectivity index (χ3n) is 3.13. The lowest BCUT2D eigenvalue weighted by Gasteiger charge is -2.40. The molecule has 1 aliphatic heterocycles. The molecule has 0 aliphatic carbocycles. The molecule has 0 saturated carbocycles. The van der Waals surface area contributed by atoms with E-state index in [-0.39, 0.29) is 11.6 Å². The number of nitrogens with zero attached hydrogens (tertiary/aromatic N) is 2. The normalized spacial score (nSPS) is 21.2. The van der Waals surface area contributed by atoms with E-state index in [4.69, 9.17) is 16.3 Å². The van der Waals surface area contributed by atoms with Gasteiger partial charge in [0.25, 0.3) is 0 Å². The van der Waals surface area contributed by atoms with E-state index in [0.717, 1.165) is 18.7 Å². The number of hydrogen-bond acceptors (Lipinski definition) is 3. The number of hydrogen-bond donors (Lipinski definition) is 0. The summed E-state index contributed by atoms with van der Waals surface area (Å²) in [6.07, 6.45) is 0. The van der Waals surface area contributed by atoms with Gasteiger partial charge in [-0.1, -0.05) is 23.7 Å². The smallest absolute Gasteiger partial charge is 0.124 e. The lowest BCUT2D eigenvalue weighted by Crippen LogP contribution is -2.49. The average molecular weight is 265 g/mol. The van der Waals surface area contributed by atoms with Gasteiger partial charge in [-0.15, -0.1) is 0 Å². The molecule has 1 saturated heterocycles. The fourth-order valence-electron chi connectivity index (χ4n) is 2.29. The summed E-state index contributed by atoms with van der Waals surface area (Å²) >= 11 is 5.87. The molecule has 0 aromatic heterocycles. The summed E-state index contributed by atoms with van der Waals surface area (Å²) in [4.78, 5) is 2.16. The van der Waals surface area contributed by atoms with Gasteiger partial charge in [-0.05, 0) is 31.5 Å². The van der Waals surface area contributed by atoms with Crippen LogP contribution in [-0.2, 0) is 4.74 Å². The first-order chi connectivity index (χ1) is 8.52. The highest BCUT2D eigenvalue weighted by atomic mass is 35.5. The summed E-state index contributed by atoms with van der Waals surface area (Å²) < 4.78 is 5.67. The van der Waals surface area contributed by atoms with Crippen molar-refractivity contribution in [2.45, 2.75) is 25.5 Å². The van der Waals surface area contributed by atoms with Crippen molar-refractivity contribution in [2.75, 3.05) is 19.7 Å². The van der Waals surface area contributed by atoms with Gasteiger partial charge in [0.05, 0.1) is 18.3 Å². The Morgan fingerprint density at radius 2 is 2.06 bits per heavy atom. The highest BCUT2D eigenvalue weighted by Gasteiger charge is 2.31. The highest BCUT2D eigenvalue weighted by molar-refractivity contribution is 6.30. The van der Waals surface area contributed by atoms with Crippen LogP contribution in [0.2, 0.25) is 5.02 Å². The maximum Gasteiger partial charge on any atom is 0.124 e. The van der Waals surface area contributed by atoms with E-state index in [0.29, 0.717) is 11.6 Å². The Morgan fingerprint density at radius 1 is 1.39 bits per heavy atom. The largest absolute Gasteiger partial charge is 0.373 e. The fourth-order valence-corrected chi connectivity index (χ4v) is 2.41. The summed E-state index contributed by atoms with van der Waals surface area (Å²) in [6, 6.07) is 9.62. The number of benzene rings is 1. The van der Waals surface area contributed by atoms with Crippen LogP contribution < -0.4 is 0 Å². The van der Waals surface area contributed by atoms with E-state index < -0.39 is 0 Å². The second-order valence-corrected chi connectivity index (χ2v) is 5.60. The first-order valence-electron chi connectivity index (χ1n) is 6.05. The average Bonchev–Trinajstić information content (AvgIpc) is 2.31. The zero-order valence-electron chi connectivity index (χ0n) is 10.7. The first kappa shape index (κ1) is 13.4. The standard InChI is InChI=1S/C14H17ClN2O/c1-14(2)10-17(7-8-18-14)13(9-16)11-3-5-12(15)6-4-11/h3-6,13H,7-8,10H2,1-2H3/t13-/m0/s1. The molecule has 1 fully saturated rings. The molecule has 0 bridgehead atoms. The van der Waals surface area contributed by atoms with Gasteiger partial charge in [-0.25, -0.2) is 0 Å². The molecule has 2 rings (SSSR count). The number of ether oxygens (including phenoxy) is 1. The molecule has 0 N–H and O–H groups in total. The van der Waals surface area contributed by atoms with E-state index >= 15 is 0 Å². The van der Waals surface area contributed by atoms with Crippen molar-refractivity contribution in [1.29, 1.82) is 5.26 Å². The molecule has 0 unspecified atom stereocenters. The minimum absolute atomic E-state index is 0.195. The highest BCUT2D eigenvalue weighted by Crippen LogP contribution is 2.27. The SMILES string of the molecule is CC1(C)CN([C@@H](C#N)c2ccc(Cl)cc2)CCO1. The monoisotopic (exact) mass is 264 g/mol. The fraction of sp³-hybridized carbons (Fsp3) is 0.500. The molecule has 18 heavy (non-hydrogen) atoms. The van der Waals surface area contributed by atoms with E-state index in [1.165, 1.54) is 0 Å². The maximum atomic E-state index is 9.41. The first-order valence-corrected chi connectivity index (χ1v) is 6.43. The summed E-state index contributed by atoms with van der Waals surface area (Å²) in [7, 11) is 0. The predicted molar refractivity (Wildman–Crippen MR) is 71.4 cm³/mol. The van der Waals surface area contributed by atoms with Crippen LogP contribution in [0.25, 0.3) is 0 Å². The molecule has 1 heterocycles. The number of nitriles is 1. The van der Waals surface area contributed by atoms with E-state index in [1.807, 2.05) is 24.3 Å². The zero-order valence-corrected chi connectivity index (χ0v) is 11.4. The summed E-state index contributed by atoms with van der Waals surface area (Å²) in [6.45, 7) is 6.31. The van der Waals surface area contributed by atoms with Crippen molar-refractivity contribution < 1.29 is 4.74 Å². The molecular formula is C14H17ClN2O. The molecule has 96 valence electrons. The molecule has 1 aromatic rings. The van der Waals surface area contributed by atoms with Crippen LogP contribution in [0.4, 0.5) is 0 Å². The summed E-state index contributed by atoms with van der Waals surface area (Å²) in [5.74, 6) is 0. The van der Waals surface area contributed by atoms with Gasteiger partial charge in [-0.3, -0.25) is 4.90 Å². The number of rotatable bonds is 2. The van der Waals surface area contributed by atoms with Gasteiger partial charge in [-0.2, -0.15) is 5.26 Å². The molecule has 0 spiro atoms. The van der Waals surface area contributed by atoms with Crippen LogP contribution in [0, 0.1) is 11.3 Å². The Hall–Kier alpha value is -1.08. The Labute approximate surface area is 113 Å². The van der Waals surface area contributed by atoms with Crippen LogP contribution in [0.3, 0.4) is 0 Å².